The summed E-state index contributed by atoms with van der Waals surface area (Å²) < 4.78 is 43.8. The number of methoxy groups -OCH3 is 2. The molecule has 1 saturated heterocycles. The first kappa shape index (κ1) is 25.4. The number of halogens is 2. The zero-order chi connectivity index (χ0) is 24.2. The maximum Gasteiger partial charge on any atom is 0.246 e. The zero-order valence-electron chi connectivity index (χ0n) is 18.6. The first-order valence-electron chi connectivity index (χ1n) is 10.4. The summed E-state index contributed by atoms with van der Waals surface area (Å²) in [6.45, 7) is 2.49. The Morgan fingerprint density at radius 1 is 1.06 bits per heavy atom. The molecule has 1 N–H and O–H groups in total. The molecule has 1 fully saturated rings. The quantitative estimate of drug-likeness (QED) is 0.556. The molecular formula is C22H26Cl2N2O6S. The molecular weight excluding hydrogens is 491 g/mol. The predicted octanol–water partition coefficient (Wildman–Crippen LogP) is 4.45. The van der Waals surface area contributed by atoms with E-state index in [2.05, 4.69) is 5.32 Å². The number of nitrogens with one attached hydrogen (secondary N) is 1. The molecule has 0 atom stereocenters. The zero-order valence-corrected chi connectivity index (χ0v) is 20.9. The monoisotopic (exact) mass is 516 g/mol. The number of ether oxygens (including phenoxy) is 3. The molecule has 0 bridgehead atoms. The third kappa shape index (κ3) is 5.66. The molecule has 180 valence electrons. The Morgan fingerprint density at radius 3 is 2.33 bits per heavy atom. The SMILES string of the molecule is CCOc1ccc(Cl)cc1S(=O)(=O)N1CCC(C(=O)Nc2cc(OC)c(Cl)cc2OC)CC1. The highest BCUT2D eigenvalue weighted by Gasteiger charge is 2.34. The number of carbonyl (C=O) groups is 1. The van der Waals surface area contributed by atoms with Crippen molar-refractivity contribution in [2.75, 3.05) is 39.2 Å². The van der Waals surface area contributed by atoms with E-state index in [9.17, 15) is 13.2 Å². The van der Waals surface area contributed by atoms with E-state index >= 15 is 0 Å². The van der Waals surface area contributed by atoms with Crippen LogP contribution in [0.3, 0.4) is 0 Å². The van der Waals surface area contributed by atoms with Crippen molar-refractivity contribution in [1.82, 2.24) is 4.31 Å². The van der Waals surface area contributed by atoms with Gasteiger partial charge in [-0.2, -0.15) is 4.31 Å². The van der Waals surface area contributed by atoms with E-state index in [0.717, 1.165) is 0 Å². The van der Waals surface area contributed by atoms with Crippen LogP contribution in [-0.2, 0) is 14.8 Å². The largest absolute Gasteiger partial charge is 0.495 e. The molecule has 0 unspecified atom stereocenters. The Labute approximate surface area is 203 Å². The molecule has 0 spiro atoms. The van der Waals surface area contributed by atoms with Crippen molar-refractivity contribution >= 4 is 44.8 Å². The lowest BCUT2D eigenvalue weighted by Crippen LogP contribution is -2.41. The standard InChI is InChI=1S/C22H26Cl2N2O6S/c1-4-32-18-6-5-15(23)11-21(18)33(28,29)26-9-7-14(8-10-26)22(27)25-17-13-19(30-2)16(24)12-20(17)31-3/h5-6,11-14H,4,7-10H2,1-3H3,(H,25,27). The molecule has 0 aromatic heterocycles. The van der Waals surface area contributed by atoms with E-state index in [1.807, 2.05) is 0 Å². The summed E-state index contributed by atoms with van der Waals surface area (Å²) in [6, 6.07) is 7.68. The normalized spacial score (nSPS) is 15.2. The Morgan fingerprint density at radius 2 is 1.73 bits per heavy atom. The number of rotatable bonds is 8. The summed E-state index contributed by atoms with van der Waals surface area (Å²) in [7, 11) is -0.875. The molecule has 1 amide bonds. The van der Waals surface area contributed by atoms with Crippen LogP contribution < -0.4 is 19.5 Å². The highest BCUT2D eigenvalue weighted by molar-refractivity contribution is 7.89. The molecule has 2 aromatic rings. The summed E-state index contributed by atoms with van der Waals surface area (Å²) >= 11 is 12.2. The van der Waals surface area contributed by atoms with Crippen molar-refractivity contribution in [3.8, 4) is 17.2 Å². The number of hydrogen-bond donors (Lipinski definition) is 1. The molecule has 33 heavy (non-hydrogen) atoms. The minimum Gasteiger partial charge on any atom is -0.495 e. The van der Waals surface area contributed by atoms with Crippen LogP contribution in [0.2, 0.25) is 10.0 Å². The van der Waals surface area contributed by atoms with Gasteiger partial charge >= 0.3 is 0 Å². The lowest BCUT2D eigenvalue weighted by Gasteiger charge is -2.31. The average molecular weight is 517 g/mol. The van der Waals surface area contributed by atoms with Crippen LogP contribution in [0.15, 0.2) is 35.2 Å². The Balaban J connectivity index is 1.71. The molecule has 0 aliphatic carbocycles. The smallest absolute Gasteiger partial charge is 0.246 e. The number of nitrogens with zero attached hydrogens (tertiary/aromatic N) is 1. The first-order valence-corrected chi connectivity index (χ1v) is 12.6. The Hall–Kier alpha value is -2.20. The number of anilines is 1. The third-order valence-corrected chi connectivity index (χ3v) is 7.83. The van der Waals surface area contributed by atoms with E-state index in [-0.39, 0.29) is 35.6 Å². The first-order chi connectivity index (χ1) is 15.7. The topological polar surface area (TPSA) is 94.2 Å². The fraction of sp³-hybridized carbons (Fsp3) is 0.409. The van der Waals surface area contributed by atoms with Crippen LogP contribution in [0, 0.1) is 5.92 Å². The summed E-state index contributed by atoms with van der Waals surface area (Å²) in [4.78, 5) is 12.9. The molecule has 0 saturated carbocycles. The molecule has 3 rings (SSSR count). The van der Waals surface area contributed by atoms with Gasteiger partial charge in [0.15, 0.2) is 0 Å². The molecule has 8 nitrogen and oxygen atoms in total. The van der Waals surface area contributed by atoms with Gasteiger partial charge in [0.2, 0.25) is 15.9 Å². The van der Waals surface area contributed by atoms with Crippen LogP contribution in [0.25, 0.3) is 0 Å². The molecule has 1 aliphatic rings. The number of amides is 1. The van der Waals surface area contributed by atoms with Crippen molar-refractivity contribution in [3.05, 3.63) is 40.4 Å². The van der Waals surface area contributed by atoms with E-state index in [1.165, 1.54) is 24.6 Å². The molecule has 1 aliphatic heterocycles. The van der Waals surface area contributed by atoms with Crippen molar-refractivity contribution in [1.29, 1.82) is 0 Å². The van der Waals surface area contributed by atoms with E-state index < -0.39 is 10.0 Å². The maximum atomic E-state index is 13.2. The highest BCUT2D eigenvalue weighted by Crippen LogP contribution is 2.37. The van der Waals surface area contributed by atoms with E-state index in [0.29, 0.717) is 46.7 Å². The average Bonchev–Trinajstić information content (AvgIpc) is 2.81. The maximum absolute atomic E-state index is 13.2. The van der Waals surface area contributed by atoms with Gasteiger partial charge in [-0.05, 0) is 38.0 Å². The summed E-state index contributed by atoms with van der Waals surface area (Å²) in [5, 5.41) is 3.51. The fourth-order valence-electron chi connectivity index (χ4n) is 3.65. The van der Waals surface area contributed by atoms with Crippen molar-refractivity contribution in [3.63, 3.8) is 0 Å². The predicted molar refractivity (Wildman–Crippen MR) is 127 cm³/mol. The van der Waals surface area contributed by atoms with Gasteiger partial charge in [0.25, 0.3) is 0 Å². The summed E-state index contributed by atoms with van der Waals surface area (Å²) in [5.41, 5.74) is 0.430. The summed E-state index contributed by atoms with van der Waals surface area (Å²) in [6.07, 6.45) is 0.727. The highest BCUT2D eigenvalue weighted by atomic mass is 35.5. The van der Waals surface area contributed by atoms with Crippen molar-refractivity contribution in [2.24, 2.45) is 5.92 Å². The van der Waals surface area contributed by atoms with Crippen LogP contribution in [0.4, 0.5) is 5.69 Å². The number of carbonyl (C=O) groups excluding carboxylic acids is 1. The van der Waals surface area contributed by atoms with Crippen molar-refractivity contribution < 1.29 is 27.4 Å². The molecule has 1 heterocycles. The van der Waals surface area contributed by atoms with Crippen molar-refractivity contribution in [2.45, 2.75) is 24.7 Å². The minimum absolute atomic E-state index is 0.0257. The second-order valence-corrected chi connectivity index (χ2v) is 10.1. The third-order valence-electron chi connectivity index (χ3n) is 5.38. The fourth-order valence-corrected chi connectivity index (χ4v) is 5.74. The van der Waals surface area contributed by atoms with Crippen LogP contribution in [0.5, 0.6) is 17.2 Å². The lowest BCUT2D eigenvalue weighted by molar-refractivity contribution is -0.120. The van der Waals surface area contributed by atoms with Crippen LogP contribution in [0.1, 0.15) is 19.8 Å². The van der Waals surface area contributed by atoms with Gasteiger partial charge < -0.3 is 19.5 Å². The lowest BCUT2D eigenvalue weighted by atomic mass is 9.97. The van der Waals surface area contributed by atoms with Gasteiger partial charge in [0.05, 0.1) is 31.5 Å². The number of piperidine rings is 1. The second-order valence-electron chi connectivity index (χ2n) is 7.38. The number of hydrogen-bond acceptors (Lipinski definition) is 6. The molecule has 11 heteroatoms. The van der Waals surface area contributed by atoms with E-state index in [1.54, 1.807) is 31.2 Å². The van der Waals surface area contributed by atoms with Gasteiger partial charge in [0.1, 0.15) is 22.1 Å². The van der Waals surface area contributed by atoms with Gasteiger partial charge in [-0.3, -0.25) is 4.79 Å². The summed E-state index contributed by atoms with van der Waals surface area (Å²) in [5.74, 6) is 0.463. The minimum atomic E-state index is -3.83. The number of sulfonamides is 1. The second kappa shape index (κ2) is 10.8. The van der Waals surface area contributed by atoms with Crippen LogP contribution >= 0.6 is 23.2 Å². The van der Waals surface area contributed by atoms with Gasteiger partial charge in [-0.15, -0.1) is 0 Å². The van der Waals surface area contributed by atoms with Crippen LogP contribution in [-0.4, -0.2) is 52.5 Å². The molecule has 0 radical (unpaired) electrons. The molecule has 2 aromatic carbocycles. The number of benzene rings is 2. The van der Waals surface area contributed by atoms with Gasteiger partial charge in [-0.25, -0.2) is 8.42 Å². The van der Waals surface area contributed by atoms with E-state index in [4.69, 9.17) is 37.4 Å². The van der Waals surface area contributed by atoms with Gasteiger partial charge in [0, 0.05) is 36.2 Å². The van der Waals surface area contributed by atoms with Gasteiger partial charge in [-0.1, -0.05) is 23.2 Å². The Kier molecular flexibility index (Phi) is 8.33. The Bertz CT molecular complexity index is 1120.